The number of rotatable bonds is 15. The van der Waals surface area contributed by atoms with Crippen molar-refractivity contribution in [2.24, 2.45) is 17.8 Å². The first-order valence-corrected chi connectivity index (χ1v) is 14.4. The van der Waals surface area contributed by atoms with Gasteiger partial charge in [-0.25, -0.2) is 4.39 Å². The summed E-state index contributed by atoms with van der Waals surface area (Å²) in [5.41, 5.74) is 3.19. The Balaban J connectivity index is 1.75. The van der Waals surface area contributed by atoms with E-state index in [2.05, 4.69) is 0 Å². The minimum absolute atomic E-state index is 0.0474. The lowest BCUT2D eigenvalue weighted by atomic mass is 9.67. The van der Waals surface area contributed by atoms with Gasteiger partial charge in [0.2, 0.25) is 11.8 Å². The zero-order valence-electron chi connectivity index (χ0n) is 23.4. The van der Waals surface area contributed by atoms with Gasteiger partial charge in [-0.2, -0.15) is 0 Å². The number of hydrogen-bond acceptors (Lipinski definition) is 6. The number of nitrogens with zero attached hydrogens (tertiary/aromatic N) is 1. The Labute approximate surface area is 235 Å². The number of aliphatic carboxylic acids is 1. The molecule has 0 bridgehead atoms. The first-order valence-electron chi connectivity index (χ1n) is 14.4. The largest absolute Gasteiger partial charge is 0.505 e. The molecule has 0 aromatic heterocycles. The average molecular weight is 560 g/mol. The van der Waals surface area contributed by atoms with Crippen LogP contribution in [0.1, 0.15) is 83.6 Å². The van der Waals surface area contributed by atoms with E-state index >= 15 is 0 Å². The van der Waals surface area contributed by atoms with Gasteiger partial charge in [0.1, 0.15) is 0 Å². The first kappa shape index (κ1) is 31.5. The summed E-state index contributed by atoms with van der Waals surface area (Å²) in [6.07, 6.45) is 6.05. The lowest BCUT2D eigenvalue weighted by Gasteiger charge is -2.36. The van der Waals surface area contributed by atoms with E-state index in [1.165, 1.54) is 17.0 Å². The van der Waals surface area contributed by atoms with Gasteiger partial charge in [0.25, 0.3) is 0 Å². The van der Waals surface area contributed by atoms with Crippen LogP contribution in [-0.4, -0.2) is 62.4 Å². The van der Waals surface area contributed by atoms with E-state index in [0.717, 1.165) is 24.0 Å². The Bertz CT molecular complexity index is 1140. The quantitative estimate of drug-likeness (QED) is 0.137. The number of hydrogen-bond donors (Lipinski definition) is 4. The van der Waals surface area contributed by atoms with Crippen molar-refractivity contribution in [2.75, 3.05) is 13.2 Å². The number of carboxylic acid groups (broad SMARTS) is 1. The molecular weight excluding hydrogens is 517 g/mol. The van der Waals surface area contributed by atoms with Gasteiger partial charge in [-0.1, -0.05) is 50.0 Å². The van der Waals surface area contributed by atoms with E-state index in [1.54, 1.807) is 6.07 Å². The van der Waals surface area contributed by atoms with Crippen LogP contribution in [0.25, 0.3) is 6.08 Å². The predicted octanol–water partition coefficient (Wildman–Crippen LogP) is 4.82. The fourth-order valence-electron chi connectivity index (χ4n) is 6.22. The zero-order chi connectivity index (χ0) is 29.4. The summed E-state index contributed by atoms with van der Waals surface area (Å²) in [7, 11) is 0. The minimum Gasteiger partial charge on any atom is -0.505 e. The summed E-state index contributed by atoms with van der Waals surface area (Å²) in [5.74, 6) is -4.49. The number of fused-ring (bicyclic) bond motifs is 1. The molecule has 40 heavy (non-hydrogen) atoms. The smallest absolute Gasteiger partial charge is 0.303 e. The Morgan fingerprint density at radius 3 is 2.50 bits per heavy atom. The van der Waals surface area contributed by atoms with Crippen molar-refractivity contribution < 1.29 is 39.2 Å². The number of carbonyl (C=O) groups excluding carboxylic acids is 2. The van der Waals surface area contributed by atoms with Crippen LogP contribution in [-0.2, 0) is 14.4 Å². The van der Waals surface area contributed by atoms with Gasteiger partial charge in [0.15, 0.2) is 11.6 Å². The van der Waals surface area contributed by atoms with E-state index in [-0.39, 0.29) is 31.4 Å². The highest BCUT2D eigenvalue weighted by Crippen LogP contribution is 2.47. The molecule has 0 spiro atoms. The third-order valence-electron chi connectivity index (χ3n) is 8.18. The van der Waals surface area contributed by atoms with Gasteiger partial charge < -0.3 is 20.4 Å². The molecule has 0 radical (unpaired) electrons. The maximum Gasteiger partial charge on any atom is 0.303 e. The van der Waals surface area contributed by atoms with Crippen LogP contribution in [0.15, 0.2) is 34.9 Å². The summed E-state index contributed by atoms with van der Waals surface area (Å²) in [4.78, 5) is 38.6. The maximum atomic E-state index is 13.8. The molecule has 3 rings (SSSR count). The second-order valence-corrected chi connectivity index (χ2v) is 10.9. The van der Waals surface area contributed by atoms with E-state index in [0.29, 0.717) is 56.1 Å². The van der Waals surface area contributed by atoms with Crippen molar-refractivity contribution in [3.63, 3.8) is 0 Å². The summed E-state index contributed by atoms with van der Waals surface area (Å²) in [6, 6.07) is 4.20. The lowest BCUT2D eigenvalue weighted by molar-refractivity contribution is -0.141. The average Bonchev–Trinajstić information content (AvgIpc) is 3.16. The Morgan fingerprint density at radius 1 is 1.12 bits per heavy atom. The van der Waals surface area contributed by atoms with Crippen LogP contribution in [0.4, 0.5) is 4.39 Å². The van der Waals surface area contributed by atoms with Gasteiger partial charge in [0.05, 0.1) is 24.5 Å². The molecule has 2 amide bonds. The molecule has 4 N–H and O–H groups in total. The number of halogens is 1. The van der Waals surface area contributed by atoms with Gasteiger partial charge in [-0.05, 0) is 68.2 Å². The van der Waals surface area contributed by atoms with Gasteiger partial charge in [0, 0.05) is 18.9 Å². The van der Waals surface area contributed by atoms with E-state index in [9.17, 15) is 34.1 Å². The van der Waals surface area contributed by atoms with Crippen LogP contribution in [0.5, 0.6) is 5.75 Å². The highest BCUT2D eigenvalue weighted by molar-refractivity contribution is 6.05. The highest BCUT2D eigenvalue weighted by atomic mass is 19.1. The molecule has 8 nitrogen and oxygen atoms in total. The standard InChI is InChI=1S/C31H42FNO7/c1-3-8-19(15-20-11-12-25(35)24(32)16-20)10-13-26(36)28-21(4-2)17-22-29(23(28)18-34)31(40)33(30(22)39)14-7-5-6-9-27(37)38/h11-12,15-16,22-23,26,29,34-36H,3-10,13-14,17-18H2,1-2H3,(H,37,38)/b19-15+/t22-,23+,26-,29-/m1/s1. The minimum atomic E-state index is -0.905. The lowest BCUT2D eigenvalue weighted by Crippen LogP contribution is -2.39. The third-order valence-corrected chi connectivity index (χ3v) is 8.18. The number of carbonyl (C=O) groups is 3. The number of imide groups is 1. The molecule has 1 aromatic carbocycles. The Kier molecular flexibility index (Phi) is 11.5. The fraction of sp³-hybridized carbons (Fsp3) is 0.581. The van der Waals surface area contributed by atoms with Crippen LogP contribution < -0.4 is 0 Å². The second-order valence-electron chi connectivity index (χ2n) is 10.9. The molecule has 9 heteroatoms. The number of allylic oxidation sites excluding steroid dienone is 2. The molecule has 1 fully saturated rings. The van der Waals surface area contributed by atoms with Crippen LogP contribution in [0.3, 0.4) is 0 Å². The van der Waals surface area contributed by atoms with Crippen molar-refractivity contribution in [1.82, 2.24) is 4.90 Å². The topological polar surface area (TPSA) is 135 Å². The van der Waals surface area contributed by atoms with Crippen molar-refractivity contribution in [1.29, 1.82) is 0 Å². The molecule has 2 aliphatic rings. The highest BCUT2D eigenvalue weighted by Gasteiger charge is 2.54. The molecule has 4 atom stereocenters. The Morgan fingerprint density at radius 2 is 1.88 bits per heavy atom. The third kappa shape index (κ3) is 7.37. The molecule has 1 heterocycles. The molecule has 0 saturated carbocycles. The van der Waals surface area contributed by atoms with Crippen molar-refractivity contribution in [2.45, 2.75) is 84.2 Å². The number of unbranched alkanes of at least 4 members (excludes halogenated alkanes) is 2. The molecule has 1 aliphatic carbocycles. The fourth-order valence-corrected chi connectivity index (χ4v) is 6.22. The van der Waals surface area contributed by atoms with E-state index in [1.807, 2.05) is 19.9 Å². The number of aliphatic hydroxyl groups excluding tert-OH is 2. The number of aromatic hydroxyl groups is 1. The van der Waals surface area contributed by atoms with Crippen LogP contribution >= 0.6 is 0 Å². The van der Waals surface area contributed by atoms with Crippen LogP contribution in [0, 0.1) is 23.6 Å². The zero-order valence-corrected chi connectivity index (χ0v) is 23.4. The second kappa shape index (κ2) is 14.6. The van der Waals surface area contributed by atoms with Gasteiger partial charge >= 0.3 is 5.97 Å². The maximum absolute atomic E-state index is 13.8. The van der Waals surface area contributed by atoms with E-state index in [4.69, 9.17) is 5.11 Å². The monoisotopic (exact) mass is 559 g/mol. The molecule has 220 valence electrons. The summed E-state index contributed by atoms with van der Waals surface area (Å²) in [5, 5.41) is 40.1. The summed E-state index contributed by atoms with van der Waals surface area (Å²) >= 11 is 0. The molecule has 1 aliphatic heterocycles. The number of phenolic OH excluding ortho intramolecular Hbond substituents is 1. The number of amides is 2. The van der Waals surface area contributed by atoms with Crippen molar-refractivity contribution in [3.05, 3.63) is 46.3 Å². The molecule has 1 saturated heterocycles. The van der Waals surface area contributed by atoms with E-state index < -0.39 is 41.4 Å². The Hall–Kier alpha value is -3.04. The SMILES string of the molecule is CCC/C(=C\c1ccc(O)c(F)c1)CC[C@@H](O)C1=C(CC)C[C@H]2C(=O)N(CCCCCC(=O)O)C(=O)[C@H]2[C@H]1CO. The van der Waals surface area contributed by atoms with Crippen molar-refractivity contribution >= 4 is 23.9 Å². The normalized spacial score (nSPS) is 22.2. The number of benzene rings is 1. The van der Waals surface area contributed by atoms with Gasteiger partial charge in [-0.3, -0.25) is 19.3 Å². The van der Waals surface area contributed by atoms with Gasteiger partial charge in [-0.15, -0.1) is 0 Å². The predicted molar refractivity (Wildman–Crippen MR) is 149 cm³/mol. The first-order chi connectivity index (χ1) is 19.1. The summed E-state index contributed by atoms with van der Waals surface area (Å²) in [6.45, 7) is 3.85. The molecule has 1 aromatic rings. The van der Waals surface area contributed by atoms with Crippen LogP contribution in [0.2, 0.25) is 0 Å². The summed E-state index contributed by atoms with van der Waals surface area (Å²) < 4.78 is 13.8. The molecule has 0 unspecified atom stereocenters. The van der Waals surface area contributed by atoms with Crippen molar-refractivity contribution in [3.8, 4) is 5.75 Å². The number of aliphatic hydroxyl groups is 2. The number of likely N-dealkylation sites (tertiary alicyclic amines) is 1. The molecular formula is C31H42FNO7. The number of carboxylic acids is 1. The number of phenols is 1.